The molecule has 0 spiro atoms. The fraction of sp³-hybridized carbons (Fsp3) is 0.346. The molecule has 0 bridgehead atoms. The van der Waals surface area contributed by atoms with Gasteiger partial charge in [-0.25, -0.2) is 10.5 Å². The van der Waals surface area contributed by atoms with E-state index in [2.05, 4.69) is 55.3 Å². The van der Waals surface area contributed by atoms with Crippen LogP contribution in [-0.2, 0) is 16.8 Å². The van der Waals surface area contributed by atoms with Gasteiger partial charge in [-0.3, -0.25) is 14.8 Å². The second kappa shape index (κ2) is 10.9. The zero-order chi connectivity index (χ0) is 23.8. The predicted molar refractivity (Wildman–Crippen MR) is 127 cm³/mol. The van der Waals surface area contributed by atoms with Crippen molar-refractivity contribution in [3.05, 3.63) is 71.4 Å². The van der Waals surface area contributed by atoms with E-state index in [-0.39, 0.29) is 17.7 Å². The van der Waals surface area contributed by atoms with E-state index in [1.807, 2.05) is 24.3 Å². The number of benzene rings is 2. The zero-order valence-corrected chi connectivity index (χ0v) is 19.4. The summed E-state index contributed by atoms with van der Waals surface area (Å²) in [6, 6.07) is 17.6. The maximum absolute atomic E-state index is 12.5. The van der Waals surface area contributed by atoms with E-state index in [9.17, 15) is 9.59 Å². The second-order valence-corrected chi connectivity index (χ2v) is 9.01. The number of ether oxygens (including phenoxy) is 1. The molecular formula is C26H31N3O4. The molecule has 0 saturated heterocycles. The van der Waals surface area contributed by atoms with Gasteiger partial charge in [0.25, 0.3) is 5.91 Å². The van der Waals surface area contributed by atoms with Crippen molar-refractivity contribution in [3.63, 3.8) is 0 Å². The standard InChI is InChI=1S/C26H31N3O4/c1-26(2,3)20-13-10-18(11-14-20)17-33-22-8-6-7-19-12-15-21(28-24(19)22)25(31)27-16-5-4-9-23(30)29-32/h6-8,10-15,32H,4-5,9,16-17H2,1-3H3,(H,27,31)(H,29,30). The highest BCUT2D eigenvalue weighted by molar-refractivity contribution is 5.95. The number of hydrogen-bond donors (Lipinski definition) is 3. The van der Waals surface area contributed by atoms with Crippen LogP contribution >= 0.6 is 0 Å². The molecule has 1 heterocycles. The summed E-state index contributed by atoms with van der Waals surface area (Å²) in [5, 5.41) is 12.2. The van der Waals surface area contributed by atoms with E-state index < -0.39 is 5.91 Å². The van der Waals surface area contributed by atoms with Crippen LogP contribution in [0, 0.1) is 0 Å². The average Bonchev–Trinajstić information content (AvgIpc) is 2.81. The summed E-state index contributed by atoms with van der Waals surface area (Å²) in [5.41, 5.74) is 4.96. The van der Waals surface area contributed by atoms with E-state index in [1.165, 1.54) is 5.56 Å². The summed E-state index contributed by atoms with van der Waals surface area (Å²) in [6.07, 6.45) is 1.39. The van der Waals surface area contributed by atoms with Crippen molar-refractivity contribution < 1.29 is 19.5 Å². The number of aromatic nitrogens is 1. The first-order valence-electron chi connectivity index (χ1n) is 11.1. The third-order valence-corrected chi connectivity index (χ3v) is 5.37. The van der Waals surface area contributed by atoms with Crippen LogP contribution in [0.5, 0.6) is 5.75 Å². The molecule has 0 saturated carbocycles. The van der Waals surface area contributed by atoms with Crippen molar-refractivity contribution in [2.45, 2.75) is 52.1 Å². The van der Waals surface area contributed by atoms with Crippen LogP contribution in [0.25, 0.3) is 10.9 Å². The van der Waals surface area contributed by atoms with Crippen LogP contribution in [0.2, 0.25) is 0 Å². The normalized spacial score (nSPS) is 11.3. The Morgan fingerprint density at radius 2 is 1.76 bits per heavy atom. The Morgan fingerprint density at radius 1 is 1.00 bits per heavy atom. The number of hydroxylamine groups is 1. The molecule has 0 radical (unpaired) electrons. The highest BCUT2D eigenvalue weighted by Gasteiger charge is 2.14. The Morgan fingerprint density at radius 3 is 2.45 bits per heavy atom. The maximum Gasteiger partial charge on any atom is 0.269 e. The highest BCUT2D eigenvalue weighted by atomic mass is 16.5. The Labute approximate surface area is 194 Å². The van der Waals surface area contributed by atoms with Crippen LogP contribution in [0.1, 0.15) is 61.6 Å². The monoisotopic (exact) mass is 449 g/mol. The fourth-order valence-electron chi connectivity index (χ4n) is 3.38. The Kier molecular flexibility index (Phi) is 8.01. The maximum atomic E-state index is 12.5. The van der Waals surface area contributed by atoms with Crippen molar-refractivity contribution in [3.8, 4) is 5.75 Å². The Bertz CT molecular complexity index is 1100. The number of pyridine rings is 1. The van der Waals surface area contributed by atoms with E-state index >= 15 is 0 Å². The van der Waals surface area contributed by atoms with Gasteiger partial charge in [-0.2, -0.15) is 0 Å². The van der Waals surface area contributed by atoms with Crippen LogP contribution in [-0.4, -0.2) is 28.6 Å². The molecular weight excluding hydrogens is 418 g/mol. The summed E-state index contributed by atoms with van der Waals surface area (Å²) in [7, 11) is 0. The minimum absolute atomic E-state index is 0.101. The van der Waals surface area contributed by atoms with Crippen molar-refractivity contribution >= 4 is 22.7 Å². The molecule has 3 aromatic rings. The topological polar surface area (TPSA) is 101 Å². The number of hydrogen-bond acceptors (Lipinski definition) is 5. The quantitative estimate of drug-likeness (QED) is 0.253. The number of carbonyl (C=O) groups is 2. The Balaban J connectivity index is 1.64. The number of rotatable bonds is 9. The molecule has 3 N–H and O–H groups in total. The Hall–Kier alpha value is -3.45. The van der Waals surface area contributed by atoms with Gasteiger partial charge in [-0.15, -0.1) is 0 Å². The van der Waals surface area contributed by atoms with Gasteiger partial charge in [0.1, 0.15) is 23.6 Å². The minimum Gasteiger partial charge on any atom is -0.487 e. The molecule has 2 aromatic carbocycles. The predicted octanol–water partition coefficient (Wildman–Crippen LogP) is 4.52. The first-order valence-corrected chi connectivity index (χ1v) is 11.1. The lowest BCUT2D eigenvalue weighted by Crippen LogP contribution is -2.26. The second-order valence-electron chi connectivity index (χ2n) is 9.01. The fourth-order valence-corrected chi connectivity index (χ4v) is 3.38. The van der Waals surface area contributed by atoms with Gasteiger partial charge in [0.05, 0.1) is 0 Å². The van der Waals surface area contributed by atoms with Gasteiger partial charge in [0.2, 0.25) is 5.91 Å². The molecule has 1 aromatic heterocycles. The van der Waals surface area contributed by atoms with Crippen LogP contribution in [0.15, 0.2) is 54.6 Å². The molecule has 0 aliphatic rings. The average molecular weight is 450 g/mol. The van der Waals surface area contributed by atoms with Crippen molar-refractivity contribution in [2.75, 3.05) is 6.54 Å². The van der Waals surface area contributed by atoms with Crippen molar-refractivity contribution in [1.82, 2.24) is 15.8 Å². The first-order chi connectivity index (χ1) is 15.8. The molecule has 3 rings (SSSR count). The first kappa shape index (κ1) is 24.2. The third kappa shape index (κ3) is 6.76. The van der Waals surface area contributed by atoms with Gasteiger partial charge in [-0.1, -0.05) is 63.2 Å². The number of nitrogens with zero attached hydrogens (tertiary/aromatic N) is 1. The van der Waals surface area contributed by atoms with E-state index in [0.29, 0.717) is 43.0 Å². The van der Waals surface area contributed by atoms with E-state index in [0.717, 1.165) is 10.9 Å². The van der Waals surface area contributed by atoms with Crippen LogP contribution in [0.4, 0.5) is 0 Å². The smallest absolute Gasteiger partial charge is 0.269 e. The van der Waals surface area contributed by atoms with Crippen molar-refractivity contribution in [2.24, 2.45) is 0 Å². The molecule has 0 unspecified atom stereocenters. The minimum atomic E-state index is -0.435. The SMILES string of the molecule is CC(C)(C)c1ccc(COc2cccc3ccc(C(=O)NCCCCC(=O)NO)nc23)cc1. The van der Waals surface area contributed by atoms with Gasteiger partial charge in [0.15, 0.2) is 0 Å². The van der Waals surface area contributed by atoms with Crippen molar-refractivity contribution in [1.29, 1.82) is 0 Å². The molecule has 0 aliphatic heterocycles. The number of amides is 2. The summed E-state index contributed by atoms with van der Waals surface area (Å²) in [4.78, 5) is 28.1. The summed E-state index contributed by atoms with van der Waals surface area (Å²) in [6.45, 7) is 7.38. The van der Waals surface area contributed by atoms with Crippen LogP contribution in [0.3, 0.4) is 0 Å². The molecule has 174 valence electrons. The molecule has 0 aliphatic carbocycles. The highest BCUT2D eigenvalue weighted by Crippen LogP contribution is 2.26. The largest absolute Gasteiger partial charge is 0.487 e. The lowest BCUT2D eigenvalue weighted by atomic mass is 9.87. The molecule has 7 nitrogen and oxygen atoms in total. The van der Waals surface area contributed by atoms with Gasteiger partial charge >= 0.3 is 0 Å². The summed E-state index contributed by atoms with van der Waals surface area (Å²) < 4.78 is 6.06. The summed E-state index contributed by atoms with van der Waals surface area (Å²) >= 11 is 0. The van der Waals surface area contributed by atoms with Gasteiger partial charge in [0, 0.05) is 18.4 Å². The van der Waals surface area contributed by atoms with E-state index in [1.54, 1.807) is 11.5 Å². The molecule has 7 heteroatoms. The molecule has 2 amide bonds. The number of para-hydroxylation sites is 1. The molecule has 33 heavy (non-hydrogen) atoms. The lowest BCUT2D eigenvalue weighted by molar-refractivity contribution is -0.129. The van der Waals surface area contributed by atoms with Gasteiger partial charge in [-0.05, 0) is 41.5 Å². The number of carbonyl (C=O) groups excluding carboxylic acids is 2. The summed E-state index contributed by atoms with van der Waals surface area (Å²) in [5.74, 6) is -0.0941. The van der Waals surface area contributed by atoms with Crippen LogP contribution < -0.4 is 15.5 Å². The number of fused-ring (bicyclic) bond motifs is 1. The van der Waals surface area contributed by atoms with Gasteiger partial charge < -0.3 is 10.1 Å². The van der Waals surface area contributed by atoms with E-state index in [4.69, 9.17) is 9.94 Å². The molecule has 0 fully saturated rings. The number of unbranched alkanes of at least 4 members (excludes halogenated alkanes) is 1. The lowest BCUT2D eigenvalue weighted by Gasteiger charge is -2.19. The zero-order valence-electron chi connectivity index (χ0n) is 19.4. The number of nitrogens with one attached hydrogen (secondary N) is 2. The third-order valence-electron chi connectivity index (χ3n) is 5.37. The molecule has 0 atom stereocenters.